The Kier molecular flexibility index (Phi) is 6.08. The van der Waals surface area contributed by atoms with Crippen molar-refractivity contribution < 1.29 is 14.3 Å². The summed E-state index contributed by atoms with van der Waals surface area (Å²) >= 11 is 0. The Labute approximate surface area is 113 Å². The molecular formula is C13H19BN2O3. The first kappa shape index (κ1) is 15.2. The normalized spacial score (nSPS) is 11.7. The second-order valence-corrected chi connectivity index (χ2v) is 4.44. The van der Waals surface area contributed by atoms with E-state index >= 15 is 0 Å². The lowest BCUT2D eigenvalue weighted by atomic mass is 9.91. The average molecular weight is 262 g/mol. The van der Waals surface area contributed by atoms with Crippen molar-refractivity contribution in [2.75, 3.05) is 12.8 Å². The zero-order valence-corrected chi connectivity index (χ0v) is 11.3. The minimum atomic E-state index is -0.301. The van der Waals surface area contributed by atoms with Gasteiger partial charge in [-0.3, -0.25) is 4.79 Å². The molecule has 3 N–H and O–H groups in total. The van der Waals surface area contributed by atoms with Gasteiger partial charge in [-0.2, -0.15) is 0 Å². The first-order valence-electron chi connectivity index (χ1n) is 6.15. The van der Waals surface area contributed by atoms with E-state index in [1.165, 1.54) is 7.11 Å². The van der Waals surface area contributed by atoms with Crippen LogP contribution in [0.2, 0.25) is 0 Å². The van der Waals surface area contributed by atoms with Gasteiger partial charge in [-0.15, -0.1) is 0 Å². The molecule has 1 aromatic carbocycles. The predicted octanol–water partition coefficient (Wildman–Crippen LogP) is 0.183. The Bertz CT molecular complexity index is 452. The van der Waals surface area contributed by atoms with E-state index < -0.39 is 0 Å². The van der Waals surface area contributed by atoms with Crippen LogP contribution in [0.4, 0.5) is 5.69 Å². The number of methoxy groups -OCH3 is 1. The van der Waals surface area contributed by atoms with Crippen LogP contribution in [0, 0.1) is 6.92 Å². The molecule has 1 rings (SSSR count). The number of nitrogen functional groups attached to an aromatic ring is 1. The van der Waals surface area contributed by atoms with Gasteiger partial charge in [-0.05, 0) is 36.6 Å². The smallest absolute Gasteiger partial charge is 0.307 e. The molecule has 5 nitrogen and oxygen atoms in total. The molecule has 19 heavy (non-hydrogen) atoms. The van der Waals surface area contributed by atoms with Gasteiger partial charge in [0.05, 0.1) is 19.7 Å². The number of nitrogens with one attached hydrogen (secondary N) is 1. The maximum Gasteiger partial charge on any atom is 0.307 e. The summed E-state index contributed by atoms with van der Waals surface area (Å²) in [5.74, 6) is -0.301. The van der Waals surface area contributed by atoms with Crippen LogP contribution in [0.3, 0.4) is 0 Å². The summed E-state index contributed by atoms with van der Waals surface area (Å²) in [6, 6.07) is 5.53. The summed E-state index contributed by atoms with van der Waals surface area (Å²) in [5, 5.41) is 3.02. The van der Waals surface area contributed by atoms with Gasteiger partial charge in [0.2, 0.25) is 0 Å². The van der Waals surface area contributed by atoms with Crippen LogP contribution in [0.15, 0.2) is 18.2 Å². The van der Waals surface area contributed by atoms with E-state index in [2.05, 4.69) is 9.96 Å². The van der Waals surface area contributed by atoms with E-state index in [4.69, 9.17) is 5.73 Å². The maximum atomic E-state index is 11.4. The fourth-order valence-electron chi connectivity index (χ4n) is 1.89. The SMILES string of the molecule is COC(=O)C[C@@H](Cc1cc(N)ccc1C)NBC=O. The van der Waals surface area contributed by atoms with E-state index in [9.17, 15) is 9.59 Å². The Morgan fingerprint density at radius 2 is 2.32 bits per heavy atom. The van der Waals surface area contributed by atoms with E-state index in [1.54, 1.807) is 0 Å². The number of hydrogen-bond acceptors (Lipinski definition) is 5. The van der Waals surface area contributed by atoms with Crippen molar-refractivity contribution in [3.05, 3.63) is 29.3 Å². The number of benzene rings is 1. The fourth-order valence-corrected chi connectivity index (χ4v) is 1.89. The molecule has 0 aliphatic carbocycles. The average Bonchev–Trinajstić information content (AvgIpc) is 2.39. The van der Waals surface area contributed by atoms with Crippen molar-refractivity contribution in [3.8, 4) is 0 Å². The van der Waals surface area contributed by atoms with Gasteiger partial charge in [0.25, 0.3) is 7.41 Å². The van der Waals surface area contributed by atoms with Crippen molar-refractivity contribution >= 4 is 25.3 Å². The van der Waals surface area contributed by atoms with E-state index in [1.807, 2.05) is 25.1 Å². The number of ether oxygens (including phenoxy) is 1. The molecule has 0 fully saturated rings. The minimum absolute atomic E-state index is 0.141. The molecule has 0 aliphatic heterocycles. The molecule has 102 valence electrons. The third-order valence-corrected chi connectivity index (χ3v) is 2.97. The molecule has 1 atom stereocenters. The topological polar surface area (TPSA) is 81.4 Å². The zero-order valence-electron chi connectivity index (χ0n) is 11.3. The number of carbonyl (C=O) groups excluding carboxylic acids is 2. The highest BCUT2D eigenvalue weighted by atomic mass is 16.5. The molecule has 0 aromatic heterocycles. The third kappa shape index (κ3) is 5.13. The molecule has 0 saturated carbocycles. The summed E-state index contributed by atoms with van der Waals surface area (Å²) < 4.78 is 4.66. The van der Waals surface area contributed by atoms with Crippen LogP contribution >= 0.6 is 0 Å². The number of aryl methyl sites for hydroxylation is 1. The van der Waals surface area contributed by atoms with Crippen LogP contribution in [-0.4, -0.2) is 32.7 Å². The van der Waals surface area contributed by atoms with Crippen LogP contribution in [-0.2, 0) is 20.7 Å². The number of esters is 1. The summed E-state index contributed by atoms with van der Waals surface area (Å²) in [5.41, 5.74) is 8.62. The monoisotopic (exact) mass is 262 g/mol. The number of hydrogen-bond donors (Lipinski definition) is 2. The van der Waals surface area contributed by atoms with Gasteiger partial charge >= 0.3 is 5.97 Å². The standard InChI is InChI=1S/C13H19BN2O3/c1-9-3-4-11(15)5-10(9)6-12(16-14-8-17)7-13(18)19-2/h3-5,8,12,14,16H,6-7,15H2,1-2H3/t12-/m1/s1. The first-order valence-corrected chi connectivity index (χ1v) is 6.15. The van der Waals surface area contributed by atoms with E-state index in [0.29, 0.717) is 12.1 Å². The Morgan fingerprint density at radius 1 is 1.58 bits per heavy atom. The molecule has 6 heteroatoms. The molecule has 1 aromatic rings. The van der Waals surface area contributed by atoms with Gasteiger partial charge in [-0.25, -0.2) is 0 Å². The highest BCUT2D eigenvalue weighted by molar-refractivity contribution is 6.64. The lowest BCUT2D eigenvalue weighted by molar-refractivity contribution is -0.141. The molecule has 0 amide bonds. The largest absolute Gasteiger partial charge is 0.469 e. The van der Waals surface area contributed by atoms with Crippen LogP contribution in [0.5, 0.6) is 0 Å². The van der Waals surface area contributed by atoms with Crippen molar-refractivity contribution in [1.29, 1.82) is 0 Å². The number of nitrogens with two attached hydrogens (primary N) is 1. The number of anilines is 1. The lowest BCUT2D eigenvalue weighted by Crippen LogP contribution is -2.37. The summed E-state index contributed by atoms with van der Waals surface area (Å²) in [7, 11) is 1.56. The Hall–Kier alpha value is -1.82. The third-order valence-electron chi connectivity index (χ3n) is 2.97. The molecular weight excluding hydrogens is 243 g/mol. The number of carbonyl (C=O) groups is 2. The molecule has 0 aliphatic rings. The summed E-state index contributed by atoms with van der Waals surface area (Å²) in [6.07, 6.45) is 1.62. The van der Waals surface area contributed by atoms with Crippen LogP contribution < -0.4 is 11.0 Å². The molecule has 0 radical (unpaired) electrons. The van der Waals surface area contributed by atoms with Gasteiger partial charge < -0.3 is 20.5 Å². The molecule has 0 unspecified atom stereocenters. The first-order chi connectivity index (χ1) is 9.06. The Morgan fingerprint density at radius 3 is 2.95 bits per heavy atom. The van der Waals surface area contributed by atoms with E-state index in [-0.39, 0.29) is 25.8 Å². The van der Waals surface area contributed by atoms with Crippen molar-refractivity contribution in [1.82, 2.24) is 5.23 Å². The van der Waals surface area contributed by atoms with E-state index in [0.717, 1.165) is 17.3 Å². The van der Waals surface area contributed by atoms with Crippen molar-refractivity contribution in [2.24, 2.45) is 0 Å². The highest BCUT2D eigenvalue weighted by Crippen LogP contribution is 2.15. The quantitative estimate of drug-likeness (QED) is 0.317. The van der Waals surface area contributed by atoms with Crippen molar-refractivity contribution in [3.63, 3.8) is 0 Å². The minimum Gasteiger partial charge on any atom is -0.469 e. The molecule has 0 saturated heterocycles. The van der Waals surface area contributed by atoms with Gasteiger partial charge in [-0.1, -0.05) is 6.07 Å². The second kappa shape index (κ2) is 7.58. The predicted molar refractivity (Wildman–Crippen MR) is 76.8 cm³/mol. The van der Waals surface area contributed by atoms with Crippen LogP contribution in [0.25, 0.3) is 0 Å². The molecule has 0 heterocycles. The zero-order chi connectivity index (χ0) is 14.3. The maximum absolute atomic E-state index is 11.4. The highest BCUT2D eigenvalue weighted by Gasteiger charge is 2.15. The lowest BCUT2D eigenvalue weighted by Gasteiger charge is -2.18. The second-order valence-electron chi connectivity index (χ2n) is 4.44. The molecule has 0 spiro atoms. The van der Waals surface area contributed by atoms with Gasteiger partial charge in [0.1, 0.15) is 0 Å². The molecule has 0 bridgehead atoms. The number of rotatable bonds is 7. The summed E-state index contributed by atoms with van der Waals surface area (Å²) in [6.45, 7) is 1.99. The summed E-state index contributed by atoms with van der Waals surface area (Å²) in [4.78, 5) is 21.8. The van der Waals surface area contributed by atoms with Gasteiger partial charge in [0.15, 0.2) is 0 Å². The van der Waals surface area contributed by atoms with Gasteiger partial charge in [0, 0.05) is 11.7 Å². The van der Waals surface area contributed by atoms with Crippen molar-refractivity contribution in [2.45, 2.75) is 25.8 Å². The fraction of sp³-hybridized carbons (Fsp3) is 0.385. The Balaban J connectivity index is 2.77. The van der Waals surface area contributed by atoms with Crippen LogP contribution in [0.1, 0.15) is 17.5 Å².